The van der Waals surface area contributed by atoms with Crippen LogP contribution in [0, 0.1) is 11.8 Å². The van der Waals surface area contributed by atoms with E-state index in [0.717, 1.165) is 5.56 Å². The number of carbonyl (C=O) groups excluding carboxylic acids is 7. The molecule has 2 rings (SSSR count). The average molecular weight is 855 g/mol. The number of imidazole rings is 1. The van der Waals surface area contributed by atoms with Gasteiger partial charge in [-0.3, -0.25) is 38.6 Å². The smallest absolute Gasteiger partial charge is 0.326 e. The molecule has 1 heterocycles. The van der Waals surface area contributed by atoms with Crippen LogP contribution in [0.3, 0.4) is 0 Å². The lowest BCUT2D eigenvalue weighted by atomic mass is 10.0. The molecule has 13 N–H and O–H groups in total. The summed E-state index contributed by atoms with van der Waals surface area (Å²) in [5.41, 5.74) is 11.9. The number of aliphatic imine (C=N–C) groups is 1. The van der Waals surface area contributed by atoms with Crippen molar-refractivity contribution in [2.24, 2.45) is 28.3 Å². The van der Waals surface area contributed by atoms with Crippen molar-refractivity contribution in [1.29, 1.82) is 0 Å². The van der Waals surface area contributed by atoms with Gasteiger partial charge in [0.2, 0.25) is 41.4 Å². The fraction of sp³-hybridized carbons (Fsp3) is 0.550. The standard InChI is InChI=1S/C40H62N12O9/c1-22(2)15-29(51-38(59)32(18-27-19-43-21-46-27)52-37(58)31(48-25(6)53)17-26-11-8-7-9-12-26)35(56)45-20-33(54)49-30(16-23(3)4)36(57)47-24(5)34(55)50-28(39(60)61)13-10-14-44-40(41)42/h7-9,11-12,19,21-24,28-32H,10,13-18,20H2,1-6H3,(H,43,46)(H,45,56)(H,47,57)(H,48,53)(H,49,54)(H,50,55)(H,51,59)(H,52,58)(H,60,61)(H4,41,42,44)/t24-,28-,29-,30-,31-,32-/m0/s1. The molecule has 1 aromatic heterocycles. The average Bonchev–Trinajstić information content (AvgIpc) is 3.69. The Balaban J connectivity index is 2.12. The molecule has 2 aromatic rings. The lowest BCUT2D eigenvalue weighted by Gasteiger charge is -2.26. The molecule has 0 fully saturated rings. The molecule has 0 saturated carbocycles. The lowest BCUT2D eigenvalue weighted by molar-refractivity contribution is -0.142. The Labute approximate surface area is 355 Å². The molecular formula is C40H62N12O9. The molecule has 0 aliphatic carbocycles. The summed E-state index contributed by atoms with van der Waals surface area (Å²) in [5.74, 6) is -6.34. The monoisotopic (exact) mass is 854 g/mol. The minimum Gasteiger partial charge on any atom is -0.480 e. The quantitative estimate of drug-likeness (QED) is 0.0292. The van der Waals surface area contributed by atoms with Gasteiger partial charge in [0.15, 0.2) is 5.96 Å². The Bertz CT molecular complexity index is 1800. The van der Waals surface area contributed by atoms with Crippen molar-refractivity contribution in [3.05, 3.63) is 54.1 Å². The maximum Gasteiger partial charge on any atom is 0.326 e. The summed E-state index contributed by atoms with van der Waals surface area (Å²) in [6.45, 7) is 9.51. The first kappa shape index (κ1) is 50.6. The highest BCUT2D eigenvalue weighted by molar-refractivity contribution is 5.96. The van der Waals surface area contributed by atoms with Crippen molar-refractivity contribution < 1.29 is 43.5 Å². The van der Waals surface area contributed by atoms with E-state index in [-0.39, 0.29) is 62.9 Å². The van der Waals surface area contributed by atoms with Crippen molar-refractivity contribution in [1.82, 2.24) is 47.2 Å². The van der Waals surface area contributed by atoms with Gasteiger partial charge in [0.1, 0.15) is 36.3 Å². The molecule has 0 bridgehead atoms. The number of hydrogen-bond acceptors (Lipinski definition) is 10. The normalized spacial score (nSPS) is 13.9. The third-order valence-electron chi connectivity index (χ3n) is 9.02. The first-order valence-corrected chi connectivity index (χ1v) is 20.1. The number of nitrogens with zero attached hydrogens (tertiary/aromatic N) is 2. The van der Waals surface area contributed by atoms with Crippen LogP contribution in [-0.4, -0.2) is 118 Å². The number of guanidine groups is 1. The Kier molecular flexibility index (Phi) is 21.4. The summed E-state index contributed by atoms with van der Waals surface area (Å²) in [5, 5.41) is 27.6. The molecule has 0 radical (unpaired) electrons. The van der Waals surface area contributed by atoms with Gasteiger partial charge >= 0.3 is 5.97 Å². The van der Waals surface area contributed by atoms with Crippen LogP contribution >= 0.6 is 0 Å². The lowest BCUT2D eigenvalue weighted by Crippen LogP contribution is -2.58. The molecule has 0 aliphatic heterocycles. The third kappa shape index (κ3) is 19.8. The minimum absolute atomic E-state index is 0.0237. The molecule has 0 saturated heterocycles. The number of carboxylic acids is 1. The Hall–Kier alpha value is -6.54. The van der Waals surface area contributed by atoms with E-state index < -0.39 is 90.1 Å². The van der Waals surface area contributed by atoms with E-state index in [2.05, 4.69) is 52.2 Å². The summed E-state index contributed by atoms with van der Waals surface area (Å²) >= 11 is 0. The molecule has 6 atom stereocenters. The zero-order valence-corrected chi connectivity index (χ0v) is 35.6. The zero-order chi connectivity index (χ0) is 45.6. The van der Waals surface area contributed by atoms with Crippen LogP contribution in [0.1, 0.15) is 78.5 Å². The summed E-state index contributed by atoms with van der Waals surface area (Å²) in [6, 6.07) is 2.06. The highest BCUT2D eigenvalue weighted by Crippen LogP contribution is 2.10. The maximum absolute atomic E-state index is 13.9. The topological polar surface area (TPSA) is 334 Å². The number of aliphatic carboxylic acids is 1. The van der Waals surface area contributed by atoms with Gasteiger partial charge in [0.05, 0.1) is 12.9 Å². The van der Waals surface area contributed by atoms with E-state index in [4.69, 9.17) is 11.5 Å². The van der Waals surface area contributed by atoms with Crippen molar-refractivity contribution in [2.75, 3.05) is 13.1 Å². The number of nitrogens with one attached hydrogen (secondary N) is 8. The van der Waals surface area contributed by atoms with Gasteiger partial charge in [-0.05, 0) is 50.0 Å². The van der Waals surface area contributed by atoms with Crippen molar-refractivity contribution in [3.63, 3.8) is 0 Å². The van der Waals surface area contributed by atoms with E-state index in [9.17, 15) is 43.5 Å². The Morgan fingerprint density at radius 1 is 0.705 bits per heavy atom. The maximum atomic E-state index is 13.9. The van der Waals surface area contributed by atoms with Gasteiger partial charge < -0.3 is 58.8 Å². The molecule has 7 amide bonds. The molecule has 0 spiro atoms. The summed E-state index contributed by atoms with van der Waals surface area (Å²) in [7, 11) is 0. The van der Waals surface area contributed by atoms with E-state index in [0.29, 0.717) is 5.69 Å². The van der Waals surface area contributed by atoms with Crippen LogP contribution < -0.4 is 48.7 Å². The number of aromatic nitrogens is 2. The number of hydrogen-bond donors (Lipinski definition) is 11. The number of benzene rings is 1. The van der Waals surface area contributed by atoms with Crippen molar-refractivity contribution in [2.45, 2.75) is 116 Å². The van der Waals surface area contributed by atoms with E-state index in [1.165, 1.54) is 26.4 Å². The number of carboxylic acid groups (broad SMARTS) is 1. The van der Waals surface area contributed by atoms with Crippen LogP contribution in [0.4, 0.5) is 0 Å². The van der Waals surface area contributed by atoms with Gasteiger partial charge in [-0.25, -0.2) is 9.78 Å². The van der Waals surface area contributed by atoms with Crippen LogP contribution in [0.15, 0.2) is 47.8 Å². The minimum atomic E-state index is -1.29. The Morgan fingerprint density at radius 2 is 1.26 bits per heavy atom. The van der Waals surface area contributed by atoms with Gasteiger partial charge in [0.25, 0.3) is 0 Å². The SMILES string of the molecule is CC(=O)N[C@@H](Cc1ccccc1)C(=O)N[C@@H](Cc1cnc[nH]1)C(=O)N[C@@H](CC(C)C)C(=O)NCC(=O)N[C@@H](CC(C)C)C(=O)N[C@@H](C)C(=O)N[C@@H](CCCN=C(N)N)C(=O)O. The highest BCUT2D eigenvalue weighted by atomic mass is 16.4. The fourth-order valence-electron chi connectivity index (χ4n) is 6.05. The first-order valence-electron chi connectivity index (χ1n) is 20.1. The summed E-state index contributed by atoms with van der Waals surface area (Å²) < 4.78 is 0. The number of aromatic amines is 1. The third-order valence-corrected chi connectivity index (χ3v) is 9.02. The van der Waals surface area contributed by atoms with Crippen LogP contribution in [-0.2, 0) is 51.2 Å². The van der Waals surface area contributed by atoms with Crippen LogP contribution in [0.2, 0.25) is 0 Å². The molecule has 336 valence electrons. The number of rotatable bonds is 26. The largest absolute Gasteiger partial charge is 0.480 e. The molecule has 21 heteroatoms. The van der Waals surface area contributed by atoms with Gasteiger partial charge in [-0.1, -0.05) is 58.0 Å². The van der Waals surface area contributed by atoms with Crippen LogP contribution in [0.25, 0.3) is 0 Å². The molecule has 1 aromatic carbocycles. The second-order valence-corrected chi connectivity index (χ2v) is 15.5. The number of amides is 7. The molecule has 0 aliphatic rings. The molecule has 0 unspecified atom stereocenters. The van der Waals surface area contributed by atoms with E-state index in [1.807, 2.05) is 33.8 Å². The van der Waals surface area contributed by atoms with E-state index in [1.54, 1.807) is 24.3 Å². The van der Waals surface area contributed by atoms with Gasteiger partial charge in [-0.2, -0.15) is 0 Å². The van der Waals surface area contributed by atoms with Crippen molar-refractivity contribution >= 4 is 53.3 Å². The van der Waals surface area contributed by atoms with Crippen molar-refractivity contribution in [3.8, 4) is 0 Å². The highest BCUT2D eigenvalue weighted by Gasteiger charge is 2.32. The molecule has 21 nitrogen and oxygen atoms in total. The van der Waals surface area contributed by atoms with Gasteiger partial charge in [0, 0.05) is 38.2 Å². The molecule has 61 heavy (non-hydrogen) atoms. The number of H-pyrrole nitrogens is 1. The zero-order valence-electron chi connectivity index (χ0n) is 35.6. The van der Waals surface area contributed by atoms with E-state index >= 15 is 0 Å². The summed E-state index contributed by atoms with van der Waals surface area (Å²) in [6.07, 6.45) is 3.61. The second-order valence-electron chi connectivity index (χ2n) is 15.5. The van der Waals surface area contributed by atoms with Gasteiger partial charge in [-0.15, -0.1) is 0 Å². The Morgan fingerprint density at radius 3 is 1.80 bits per heavy atom. The number of nitrogens with two attached hydrogens (primary N) is 2. The molecular weight excluding hydrogens is 793 g/mol. The summed E-state index contributed by atoms with van der Waals surface area (Å²) in [4.78, 5) is 115. The first-order chi connectivity index (χ1) is 28.7. The predicted octanol–water partition coefficient (Wildman–Crippen LogP) is -1.51. The fourth-order valence-corrected chi connectivity index (χ4v) is 6.05. The number of carbonyl (C=O) groups is 8. The van der Waals surface area contributed by atoms with Crippen LogP contribution in [0.5, 0.6) is 0 Å². The predicted molar refractivity (Wildman–Crippen MR) is 225 cm³/mol. The second kappa shape index (κ2) is 25.8.